The van der Waals surface area contributed by atoms with E-state index in [1.807, 2.05) is 0 Å². The summed E-state index contributed by atoms with van der Waals surface area (Å²) in [6.45, 7) is 0.387. The fourth-order valence-electron chi connectivity index (χ4n) is 5.41. The number of carbonyl (C=O) groups is 3. The third-order valence-electron chi connectivity index (χ3n) is 7.26. The Labute approximate surface area is 198 Å². The summed E-state index contributed by atoms with van der Waals surface area (Å²) in [7, 11) is 0. The summed E-state index contributed by atoms with van der Waals surface area (Å²) in [5.74, 6) is -1.32. The Morgan fingerprint density at radius 1 is 1.15 bits per heavy atom. The van der Waals surface area contributed by atoms with Crippen molar-refractivity contribution in [2.75, 3.05) is 6.54 Å². The molecule has 34 heavy (non-hydrogen) atoms. The number of nitrogens with two attached hydrogens (primary N) is 1. The molecule has 0 radical (unpaired) electrons. The molecule has 0 spiro atoms. The Hall–Kier alpha value is -3.07. The minimum atomic E-state index is -1.01. The number of rotatable bonds is 8. The van der Waals surface area contributed by atoms with Crippen LogP contribution in [0.5, 0.6) is 5.75 Å². The van der Waals surface area contributed by atoms with Crippen molar-refractivity contribution in [3.05, 3.63) is 30.0 Å². The van der Waals surface area contributed by atoms with Gasteiger partial charge in [0.1, 0.15) is 17.8 Å². The van der Waals surface area contributed by atoms with Crippen LogP contribution in [-0.2, 0) is 20.8 Å². The lowest BCUT2D eigenvalue weighted by Gasteiger charge is -2.31. The van der Waals surface area contributed by atoms with Gasteiger partial charge < -0.3 is 31.1 Å². The average Bonchev–Trinajstić information content (AvgIpc) is 3.46. The molecule has 0 bridgehead atoms. The van der Waals surface area contributed by atoms with Gasteiger partial charge in [-0.05, 0) is 55.4 Å². The van der Waals surface area contributed by atoms with Crippen LogP contribution in [-0.4, -0.2) is 62.6 Å². The molecule has 3 atom stereocenters. The van der Waals surface area contributed by atoms with Crippen LogP contribution in [0.4, 0.5) is 0 Å². The van der Waals surface area contributed by atoms with Crippen molar-refractivity contribution in [2.45, 2.75) is 75.9 Å². The number of benzene rings is 1. The van der Waals surface area contributed by atoms with E-state index >= 15 is 0 Å². The van der Waals surface area contributed by atoms with Gasteiger partial charge in [-0.25, -0.2) is 4.79 Å². The first kappa shape index (κ1) is 24.1. The molecule has 2 aliphatic rings. The molecule has 2 heterocycles. The summed E-state index contributed by atoms with van der Waals surface area (Å²) in [6, 6.07) is 2.45. The number of likely N-dealkylation sites (tertiary alicyclic amines) is 1. The Morgan fingerprint density at radius 2 is 1.91 bits per heavy atom. The van der Waals surface area contributed by atoms with Crippen LogP contribution >= 0.6 is 0 Å². The van der Waals surface area contributed by atoms with Crippen LogP contribution in [0.25, 0.3) is 10.9 Å². The SMILES string of the molecule is N[C@@H](Cc1c[nH]c2ccc(O)cc12)C(=O)N[C@@H](CC1CCCCC1)C(=O)N1CCC[C@H]1C(=O)O. The summed E-state index contributed by atoms with van der Waals surface area (Å²) < 4.78 is 0. The number of carboxylic acids is 1. The Kier molecular flexibility index (Phi) is 7.41. The van der Waals surface area contributed by atoms with Crippen molar-refractivity contribution in [3.63, 3.8) is 0 Å². The number of aromatic amines is 1. The van der Waals surface area contributed by atoms with Crippen LogP contribution in [0.3, 0.4) is 0 Å². The third kappa shape index (κ3) is 5.35. The monoisotopic (exact) mass is 470 g/mol. The Morgan fingerprint density at radius 3 is 2.65 bits per heavy atom. The van der Waals surface area contributed by atoms with Crippen LogP contribution in [0.15, 0.2) is 24.4 Å². The molecule has 2 amide bonds. The topological polar surface area (TPSA) is 149 Å². The zero-order valence-corrected chi connectivity index (χ0v) is 19.3. The lowest BCUT2D eigenvalue weighted by atomic mass is 9.84. The number of carbonyl (C=O) groups excluding carboxylic acids is 2. The second-order valence-electron chi connectivity index (χ2n) is 9.68. The minimum absolute atomic E-state index is 0.128. The van der Waals surface area contributed by atoms with Gasteiger partial charge >= 0.3 is 5.97 Å². The Bertz CT molecular complexity index is 1050. The van der Waals surface area contributed by atoms with E-state index in [0.717, 1.165) is 42.1 Å². The van der Waals surface area contributed by atoms with Crippen molar-refractivity contribution in [1.29, 1.82) is 0 Å². The fourth-order valence-corrected chi connectivity index (χ4v) is 5.41. The van der Waals surface area contributed by atoms with Crippen molar-refractivity contribution < 1.29 is 24.6 Å². The number of nitrogens with one attached hydrogen (secondary N) is 2. The molecule has 1 aromatic carbocycles. The zero-order chi connectivity index (χ0) is 24.2. The van der Waals surface area contributed by atoms with Crippen LogP contribution in [0, 0.1) is 5.92 Å². The first-order chi connectivity index (χ1) is 16.3. The lowest BCUT2D eigenvalue weighted by molar-refractivity contribution is -0.149. The minimum Gasteiger partial charge on any atom is -0.508 e. The number of fused-ring (bicyclic) bond motifs is 1. The number of hydrogen-bond acceptors (Lipinski definition) is 5. The average molecular weight is 471 g/mol. The quantitative estimate of drug-likeness (QED) is 0.400. The molecule has 9 nitrogen and oxygen atoms in total. The van der Waals surface area contributed by atoms with Gasteiger partial charge in [0.15, 0.2) is 0 Å². The highest BCUT2D eigenvalue weighted by atomic mass is 16.4. The molecular formula is C25H34N4O5. The van der Waals surface area contributed by atoms with Crippen molar-refractivity contribution in [1.82, 2.24) is 15.2 Å². The lowest BCUT2D eigenvalue weighted by Crippen LogP contribution is -2.55. The maximum Gasteiger partial charge on any atom is 0.326 e. The summed E-state index contributed by atoms with van der Waals surface area (Å²) in [5, 5.41) is 23.0. The van der Waals surface area contributed by atoms with Gasteiger partial charge in [-0.2, -0.15) is 0 Å². The van der Waals surface area contributed by atoms with Gasteiger partial charge in [-0.15, -0.1) is 0 Å². The standard InChI is InChI=1S/C25H34N4O5/c26-19(12-16-14-27-20-9-8-17(30)13-18(16)20)23(31)28-21(11-15-5-2-1-3-6-15)24(32)29-10-4-7-22(29)25(33)34/h8-9,13-15,19,21-22,27,30H,1-7,10-12,26H2,(H,28,31)(H,33,34)/t19-,21-,22-/m0/s1. The van der Waals surface area contributed by atoms with E-state index in [2.05, 4.69) is 10.3 Å². The highest BCUT2D eigenvalue weighted by molar-refractivity contribution is 5.92. The molecule has 184 valence electrons. The third-order valence-corrected chi connectivity index (χ3v) is 7.26. The summed E-state index contributed by atoms with van der Waals surface area (Å²) in [5.41, 5.74) is 7.87. The molecular weight excluding hydrogens is 436 g/mol. The summed E-state index contributed by atoms with van der Waals surface area (Å²) >= 11 is 0. The molecule has 2 aromatic rings. The smallest absolute Gasteiger partial charge is 0.326 e. The highest BCUT2D eigenvalue weighted by Crippen LogP contribution is 2.29. The predicted molar refractivity (Wildman–Crippen MR) is 127 cm³/mol. The fraction of sp³-hybridized carbons (Fsp3) is 0.560. The van der Waals surface area contributed by atoms with Gasteiger partial charge in [0.05, 0.1) is 6.04 Å². The molecule has 1 saturated carbocycles. The zero-order valence-electron chi connectivity index (χ0n) is 19.3. The molecule has 1 aliphatic heterocycles. The molecule has 0 unspecified atom stereocenters. The number of aromatic nitrogens is 1. The molecule has 4 rings (SSSR count). The Balaban J connectivity index is 1.47. The van der Waals surface area contributed by atoms with Crippen molar-refractivity contribution in [2.24, 2.45) is 11.7 Å². The predicted octanol–water partition coefficient (Wildman–Crippen LogP) is 2.27. The van der Waals surface area contributed by atoms with Crippen molar-refractivity contribution >= 4 is 28.7 Å². The maximum atomic E-state index is 13.4. The molecule has 1 aromatic heterocycles. The maximum absolute atomic E-state index is 13.4. The van der Waals surface area contributed by atoms with E-state index in [1.165, 1.54) is 11.3 Å². The molecule has 1 saturated heterocycles. The highest BCUT2D eigenvalue weighted by Gasteiger charge is 2.38. The summed E-state index contributed by atoms with van der Waals surface area (Å²) in [4.78, 5) is 42.6. The van der Waals surface area contributed by atoms with Crippen LogP contribution in [0.2, 0.25) is 0 Å². The van der Waals surface area contributed by atoms with E-state index in [9.17, 15) is 24.6 Å². The molecule has 6 N–H and O–H groups in total. The van der Waals surface area contributed by atoms with E-state index in [0.29, 0.717) is 31.7 Å². The first-order valence-electron chi connectivity index (χ1n) is 12.2. The molecule has 2 fully saturated rings. The second kappa shape index (κ2) is 10.5. The number of aromatic hydroxyl groups is 1. The summed E-state index contributed by atoms with van der Waals surface area (Å²) in [6.07, 6.45) is 8.98. The molecule has 9 heteroatoms. The van der Waals surface area contributed by atoms with Crippen LogP contribution in [0.1, 0.15) is 56.9 Å². The number of aliphatic carboxylic acids is 1. The number of carboxylic acid groups (broad SMARTS) is 1. The van der Waals surface area contributed by atoms with Crippen LogP contribution < -0.4 is 11.1 Å². The largest absolute Gasteiger partial charge is 0.508 e. The van der Waals surface area contributed by atoms with Gasteiger partial charge in [0, 0.05) is 23.6 Å². The number of phenolic OH excluding ortho intramolecular Hbond substituents is 1. The van der Waals surface area contributed by atoms with Crippen molar-refractivity contribution in [3.8, 4) is 5.75 Å². The van der Waals surface area contributed by atoms with E-state index in [4.69, 9.17) is 5.73 Å². The van der Waals surface area contributed by atoms with E-state index < -0.39 is 30.0 Å². The molecule has 1 aliphatic carbocycles. The van der Waals surface area contributed by atoms with Gasteiger partial charge in [0.25, 0.3) is 0 Å². The number of hydrogen-bond donors (Lipinski definition) is 5. The number of nitrogens with zero attached hydrogens (tertiary/aromatic N) is 1. The number of amides is 2. The normalized spacial score (nSPS) is 20.9. The number of H-pyrrole nitrogens is 1. The van der Waals surface area contributed by atoms with Gasteiger partial charge in [0.2, 0.25) is 11.8 Å². The van der Waals surface area contributed by atoms with Gasteiger partial charge in [-0.1, -0.05) is 32.1 Å². The second-order valence-corrected chi connectivity index (χ2v) is 9.68. The van der Waals surface area contributed by atoms with E-state index in [-0.39, 0.29) is 18.1 Å². The first-order valence-corrected chi connectivity index (χ1v) is 12.2. The number of phenols is 1. The van der Waals surface area contributed by atoms with Gasteiger partial charge in [-0.3, -0.25) is 9.59 Å². The van der Waals surface area contributed by atoms with E-state index in [1.54, 1.807) is 24.4 Å².